The lowest BCUT2D eigenvalue weighted by Gasteiger charge is -2.06. The van der Waals surface area contributed by atoms with E-state index in [1.54, 1.807) is 12.1 Å². The molecule has 0 amide bonds. The summed E-state index contributed by atoms with van der Waals surface area (Å²) in [5.41, 5.74) is 0.668. The summed E-state index contributed by atoms with van der Waals surface area (Å²) in [6, 6.07) is 6.53. The molecular formula is C15H22N4O4S. The summed E-state index contributed by atoms with van der Waals surface area (Å²) in [5.74, 6) is 0.967. The number of hydrogen-bond acceptors (Lipinski definition) is 7. The molecule has 1 atom stereocenters. The summed E-state index contributed by atoms with van der Waals surface area (Å²) in [6.07, 6.45) is 0.649. The number of likely N-dealkylation sites (N-methyl/N-ethyl adjacent to an activating group) is 1. The molecule has 0 aliphatic rings. The second-order valence-electron chi connectivity index (χ2n) is 5.32. The second-order valence-corrected chi connectivity index (χ2v) is 7.09. The van der Waals surface area contributed by atoms with Gasteiger partial charge in [0.15, 0.2) is 5.82 Å². The fourth-order valence-corrected chi connectivity index (χ4v) is 2.98. The molecule has 1 unspecified atom stereocenters. The third-order valence-electron chi connectivity index (χ3n) is 3.46. The zero-order valence-corrected chi connectivity index (χ0v) is 14.8. The Bertz CT molecular complexity index is 743. The third-order valence-corrected chi connectivity index (χ3v) is 4.94. The number of hydrogen-bond donors (Lipinski definition) is 2. The third kappa shape index (κ3) is 4.84. The lowest BCUT2D eigenvalue weighted by Crippen LogP contribution is -2.27. The minimum atomic E-state index is -3.55. The van der Waals surface area contributed by atoms with Crippen LogP contribution in [-0.2, 0) is 21.2 Å². The Kier molecular flexibility index (Phi) is 6.44. The molecule has 9 heteroatoms. The highest BCUT2D eigenvalue weighted by atomic mass is 32.2. The maximum absolute atomic E-state index is 12.1. The molecule has 1 aromatic carbocycles. The quantitative estimate of drug-likeness (QED) is 0.642. The van der Waals surface area contributed by atoms with E-state index < -0.39 is 10.0 Å². The van der Waals surface area contributed by atoms with Crippen LogP contribution in [-0.4, -0.2) is 51.9 Å². The molecule has 0 aliphatic heterocycles. The first-order valence-electron chi connectivity index (χ1n) is 7.55. The first kappa shape index (κ1) is 18.5. The van der Waals surface area contributed by atoms with Gasteiger partial charge in [-0.05, 0) is 38.2 Å². The summed E-state index contributed by atoms with van der Waals surface area (Å²) in [6.45, 7) is 2.55. The van der Waals surface area contributed by atoms with Crippen LogP contribution in [0.25, 0.3) is 11.5 Å². The van der Waals surface area contributed by atoms with Gasteiger partial charge < -0.3 is 14.6 Å². The molecule has 0 aliphatic carbocycles. The minimum absolute atomic E-state index is 0.172. The topological polar surface area (TPSA) is 106 Å². The SMILES string of the molecule is CNC(C)Cc1noc(-c2ccc(S(=O)(=O)NCCOC)cc2)n1. The van der Waals surface area contributed by atoms with Crippen LogP contribution >= 0.6 is 0 Å². The average Bonchev–Trinajstić information content (AvgIpc) is 3.03. The average molecular weight is 354 g/mol. The first-order chi connectivity index (χ1) is 11.5. The highest BCUT2D eigenvalue weighted by Gasteiger charge is 2.15. The van der Waals surface area contributed by atoms with E-state index in [1.807, 2.05) is 14.0 Å². The van der Waals surface area contributed by atoms with E-state index in [2.05, 4.69) is 20.2 Å². The van der Waals surface area contributed by atoms with Gasteiger partial charge in [0.1, 0.15) is 0 Å². The normalized spacial score (nSPS) is 13.1. The van der Waals surface area contributed by atoms with Gasteiger partial charge in [0, 0.05) is 31.7 Å². The first-order valence-corrected chi connectivity index (χ1v) is 9.03. The van der Waals surface area contributed by atoms with Gasteiger partial charge in [0.2, 0.25) is 10.0 Å². The van der Waals surface area contributed by atoms with Crippen LogP contribution in [0, 0.1) is 0 Å². The van der Waals surface area contributed by atoms with E-state index in [0.29, 0.717) is 30.3 Å². The number of nitrogens with zero attached hydrogens (tertiary/aromatic N) is 2. The summed E-state index contributed by atoms with van der Waals surface area (Å²) >= 11 is 0. The summed E-state index contributed by atoms with van der Waals surface area (Å²) in [5, 5.41) is 7.03. The maximum atomic E-state index is 12.1. The van der Waals surface area contributed by atoms with Gasteiger partial charge in [0.05, 0.1) is 11.5 Å². The van der Waals surface area contributed by atoms with Gasteiger partial charge in [-0.2, -0.15) is 4.98 Å². The Hall–Kier alpha value is -1.81. The smallest absolute Gasteiger partial charge is 0.257 e. The van der Waals surface area contributed by atoms with E-state index in [0.717, 1.165) is 0 Å². The Labute approximate surface area is 141 Å². The summed E-state index contributed by atoms with van der Waals surface area (Å²) in [4.78, 5) is 4.49. The van der Waals surface area contributed by atoms with Crippen molar-refractivity contribution in [2.24, 2.45) is 0 Å². The van der Waals surface area contributed by atoms with Crippen molar-refractivity contribution in [2.45, 2.75) is 24.3 Å². The van der Waals surface area contributed by atoms with Gasteiger partial charge in [-0.1, -0.05) is 5.16 Å². The van der Waals surface area contributed by atoms with E-state index in [4.69, 9.17) is 9.26 Å². The molecule has 2 aromatic rings. The molecule has 24 heavy (non-hydrogen) atoms. The van der Waals surface area contributed by atoms with Gasteiger partial charge in [-0.25, -0.2) is 13.1 Å². The molecule has 0 bridgehead atoms. The number of ether oxygens (including phenoxy) is 1. The van der Waals surface area contributed by atoms with E-state index in [1.165, 1.54) is 19.2 Å². The predicted molar refractivity (Wildman–Crippen MR) is 89.0 cm³/mol. The lowest BCUT2D eigenvalue weighted by molar-refractivity contribution is 0.204. The summed E-state index contributed by atoms with van der Waals surface area (Å²) in [7, 11) is -0.171. The Balaban J connectivity index is 2.09. The fourth-order valence-electron chi connectivity index (χ4n) is 1.97. The van der Waals surface area contributed by atoms with Crippen molar-refractivity contribution >= 4 is 10.0 Å². The zero-order valence-electron chi connectivity index (χ0n) is 13.9. The van der Waals surface area contributed by atoms with Crippen molar-refractivity contribution < 1.29 is 17.7 Å². The van der Waals surface area contributed by atoms with E-state index >= 15 is 0 Å². The van der Waals surface area contributed by atoms with Gasteiger partial charge in [0.25, 0.3) is 5.89 Å². The Morgan fingerprint density at radius 1 is 1.29 bits per heavy atom. The molecule has 2 rings (SSSR count). The molecule has 0 saturated carbocycles. The number of rotatable bonds is 9. The summed E-state index contributed by atoms with van der Waals surface area (Å²) < 4.78 is 36.7. The van der Waals surface area contributed by atoms with Crippen LogP contribution in [0.5, 0.6) is 0 Å². The van der Waals surface area contributed by atoms with Gasteiger partial charge >= 0.3 is 0 Å². The predicted octanol–water partition coefficient (Wildman–Crippen LogP) is 0.812. The molecule has 0 radical (unpaired) electrons. The molecule has 1 heterocycles. The molecule has 2 N–H and O–H groups in total. The number of benzene rings is 1. The van der Waals surface area contributed by atoms with Crippen molar-refractivity contribution in [1.82, 2.24) is 20.2 Å². The van der Waals surface area contributed by atoms with Crippen molar-refractivity contribution in [3.8, 4) is 11.5 Å². The van der Waals surface area contributed by atoms with Crippen molar-refractivity contribution in [3.05, 3.63) is 30.1 Å². The largest absolute Gasteiger partial charge is 0.383 e. The number of aromatic nitrogens is 2. The van der Waals surface area contributed by atoms with E-state index in [-0.39, 0.29) is 17.5 Å². The lowest BCUT2D eigenvalue weighted by atomic mass is 10.2. The highest BCUT2D eigenvalue weighted by molar-refractivity contribution is 7.89. The maximum Gasteiger partial charge on any atom is 0.257 e. The van der Waals surface area contributed by atoms with E-state index in [9.17, 15) is 8.42 Å². The molecule has 0 saturated heterocycles. The van der Waals surface area contributed by atoms with Crippen molar-refractivity contribution in [2.75, 3.05) is 27.3 Å². The van der Waals surface area contributed by atoms with Crippen molar-refractivity contribution in [1.29, 1.82) is 0 Å². The van der Waals surface area contributed by atoms with Crippen LogP contribution in [0.15, 0.2) is 33.7 Å². The van der Waals surface area contributed by atoms with Gasteiger partial charge in [-0.15, -0.1) is 0 Å². The monoisotopic (exact) mass is 354 g/mol. The molecule has 8 nitrogen and oxygen atoms in total. The van der Waals surface area contributed by atoms with Crippen LogP contribution < -0.4 is 10.0 Å². The van der Waals surface area contributed by atoms with Crippen LogP contribution in [0.2, 0.25) is 0 Å². The minimum Gasteiger partial charge on any atom is -0.383 e. The molecule has 0 fully saturated rings. The molecule has 0 spiro atoms. The van der Waals surface area contributed by atoms with Crippen molar-refractivity contribution in [3.63, 3.8) is 0 Å². The second kappa shape index (κ2) is 8.34. The number of sulfonamides is 1. The molecular weight excluding hydrogens is 332 g/mol. The Morgan fingerprint density at radius 3 is 2.62 bits per heavy atom. The number of nitrogens with one attached hydrogen (secondary N) is 2. The molecule has 132 valence electrons. The van der Waals surface area contributed by atoms with Crippen LogP contribution in [0.1, 0.15) is 12.7 Å². The molecule has 1 aromatic heterocycles. The highest BCUT2D eigenvalue weighted by Crippen LogP contribution is 2.20. The standard InChI is InChI=1S/C15H22N4O4S/c1-11(16-2)10-14-18-15(23-19-14)12-4-6-13(7-5-12)24(20,21)17-8-9-22-3/h4-7,11,16-17H,8-10H2,1-3H3. The number of methoxy groups -OCH3 is 1. The zero-order chi connectivity index (χ0) is 17.6. The van der Waals surface area contributed by atoms with Crippen LogP contribution in [0.4, 0.5) is 0 Å². The van der Waals surface area contributed by atoms with Gasteiger partial charge in [-0.3, -0.25) is 0 Å². The van der Waals surface area contributed by atoms with Crippen LogP contribution in [0.3, 0.4) is 0 Å². The fraction of sp³-hybridized carbons (Fsp3) is 0.467. The Morgan fingerprint density at radius 2 is 2.00 bits per heavy atom.